The summed E-state index contributed by atoms with van der Waals surface area (Å²) in [5.41, 5.74) is 7.27. The maximum atomic E-state index is 13.2. The number of anilines is 1. The molecule has 0 radical (unpaired) electrons. The van der Waals surface area contributed by atoms with Crippen LogP contribution in [0.1, 0.15) is 22.8 Å². The predicted octanol–water partition coefficient (Wildman–Crippen LogP) is 2.77. The van der Waals surface area contributed by atoms with Gasteiger partial charge in [-0.25, -0.2) is 4.39 Å². The van der Waals surface area contributed by atoms with Crippen LogP contribution in [-0.4, -0.2) is 11.9 Å². The van der Waals surface area contributed by atoms with Crippen molar-refractivity contribution in [1.82, 2.24) is 5.32 Å². The Kier molecular flexibility index (Phi) is 4.35. The Morgan fingerprint density at radius 1 is 1.25 bits per heavy atom. The molecule has 1 amide bonds. The van der Waals surface area contributed by atoms with E-state index in [4.69, 9.17) is 5.73 Å². The van der Waals surface area contributed by atoms with Crippen LogP contribution in [0.2, 0.25) is 0 Å². The van der Waals surface area contributed by atoms with Crippen LogP contribution in [0.5, 0.6) is 0 Å². The first-order valence-corrected chi connectivity index (χ1v) is 6.46. The van der Waals surface area contributed by atoms with Crippen molar-refractivity contribution in [3.63, 3.8) is 0 Å². The predicted molar refractivity (Wildman–Crippen MR) is 77.9 cm³/mol. The number of carbonyl (C=O) groups is 1. The average Bonchev–Trinajstić information content (AvgIpc) is 2.42. The highest BCUT2D eigenvalue weighted by Crippen LogP contribution is 2.13. The van der Waals surface area contributed by atoms with E-state index in [2.05, 4.69) is 5.32 Å². The van der Waals surface area contributed by atoms with Gasteiger partial charge in [0.25, 0.3) is 5.91 Å². The van der Waals surface area contributed by atoms with E-state index in [1.165, 1.54) is 12.1 Å². The Labute approximate surface area is 117 Å². The summed E-state index contributed by atoms with van der Waals surface area (Å²) in [5.74, 6) is -0.828. The molecule has 0 aliphatic rings. The average molecular weight is 272 g/mol. The summed E-state index contributed by atoms with van der Waals surface area (Å²) in [6.07, 6.45) is 0.710. The standard InChI is InChI=1S/C16H17FN2O/c1-11(9-12-5-3-2-4-6-12)19-16(20)14-10-13(17)7-8-15(14)18/h2-8,10-11H,9,18H2,1H3,(H,19,20). The number of rotatable bonds is 4. The molecule has 3 N–H and O–H groups in total. The molecule has 0 aliphatic carbocycles. The number of halogens is 1. The van der Waals surface area contributed by atoms with Crippen molar-refractivity contribution in [2.24, 2.45) is 0 Å². The highest BCUT2D eigenvalue weighted by atomic mass is 19.1. The molecule has 0 saturated heterocycles. The van der Waals surface area contributed by atoms with Gasteiger partial charge in [0, 0.05) is 11.7 Å². The van der Waals surface area contributed by atoms with Crippen LogP contribution in [0, 0.1) is 5.82 Å². The second-order valence-electron chi connectivity index (χ2n) is 4.80. The van der Waals surface area contributed by atoms with Gasteiger partial charge in [0.1, 0.15) is 5.82 Å². The van der Waals surface area contributed by atoms with E-state index < -0.39 is 5.82 Å². The molecule has 0 aliphatic heterocycles. The number of benzene rings is 2. The third-order valence-corrected chi connectivity index (χ3v) is 3.02. The number of amides is 1. The fourth-order valence-electron chi connectivity index (χ4n) is 2.05. The summed E-state index contributed by atoms with van der Waals surface area (Å²) in [6, 6.07) is 13.6. The molecule has 0 spiro atoms. The van der Waals surface area contributed by atoms with Gasteiger partial charge >= 0.3 is 0 Å². The first-order chi connectivity index (χ1) is 9.56. The van der Waals surface area contributed by atoms with E-state index in [-0.39, 0.29) is 23.2 Å². The molecule has 2 rings (SSSR count). The SMILES string of the molecule is CC(Cc1ccccc1)NC(=O)c1cc(F)ccc1N. The third-order valence-electron chi connectivity index (χ3n) is 3.02. The van der Waals surface area contributed by atoms with Crippen molar-refractivity contribution < 1.29 is 9.18 Å². The molecule has 0 aromatic heterocycles. The number of nitrogens with one attached hydrogen (secondary N) is 1. The zero-order valence-corrected chi connectivity index (χ0v) is 11.3. The molecule has 1 atom stereocenters. The fourth-order valence-corrected chi connectivity index (χ4v) is 2.05. The topological polar surface area (TPSA) is 55.1 Å². The van der Waals surface area contributed by atoms with E-state index in [0.29, 0.717) is 6.42 Å². The summed E-state index contributed by atoms with van der Waals surface area (Å²) in [5, 5.41) is 2.83. The third kappa shape index (κ3) is 3.57. The lowest BCUT2D eigenvalue weighted by molar-refractivity contribution is 0.0940. The van der Waals surface area contributed by atoms with Crippen LogP contribution in [0.15, 0.2) is 48.5 Å². The van der Waals surface area contributed by atoms with E-state index in [9.17, 15) is 9.18 Å². The Balaban J connectivity index is 2.02. The van der Waals surface area contributed by atoms with Crippen LogP contribution < -0.4 is 11.1 Å². The molecule has 4 heteroatoms. The summed E-state index contributed by atoms with van der Waals surface area (Å²) in [6.45, 7) is 1.90. The molecule has 0 bridgehead atoms. The molecule has 2 aromatic rings. The molecular formula is C16H17FN2O. The summed E-state index contributed by atoms with van der Waals surface area (Å²) < 4.78 is 13.2. The van der Waals surface area contributed by atoms with Crippen molar-refractivity contribution in [2.45, 2.75) is 19.4 Å². The van der Waals surface area contributed by atoms with E-state index in [1.807, 2.05) is 37.3 Å². The van der Waals surface area contributed by atoms with Crippen molar-refractivity contribution >= 4 is 11.6 Å². The van der Waals surface area contributed by atoms with Gasteiger partial charge in [-0.3, -0.25) is 4.79 Å². The first kappa shape index (κ1) is 14.1. The number of nitrogen functional groups attached to an aromatic ring is 1. The molecule has 0 fully saturated rings. The summed E-state index contributed by atoms with van der Waals surface area (Å²) in [7, 11) is 0. The Hall–Kier alpha value is -2.36. The lowest BCUT2D eigenvalue weighted by atomic mass is 10.1. The van der Waals surface area contributed by atoms with Crippen molar-refractivity contribution in [3.8, 4) is 0 Å². The Morgan fingerprint density at radius 3 is 2.65 bits per heavy atom. The van der Waals surface area contributed by atoms with Gasteiger partial charge in [-0.2, -0.15) is 0 Å². The fraction of sp³-hybridized carbons (Fsp3) is 0.188. The van der Waals surface area contributed by atoms with Crippen LogP contribution in [0.3, 0.4) is 0 Å². The van der Waals surface area contributed by atoms with Crippen LogP contribution in [0.25, 0.3) is 0 Å². The number of hydrogen-bond acceptors (Lipinski definition) is 2. The second-order valence-corrected chi connectivity index (χ2v) is 4.80. The largest absolute Gasteiger partial charge is 0.398 e. The second kappa shape index (κ2) is 6.19. The zero-order valence-electron chi connectivity index (χ0n) is 11.3. The molecule has 2 aromatic carbocycles. The lowest BCUT2D eigenvalue weighted by Crippen LogP contribution is -2.34. The van der Waals surface area contributed by atoms with Gasteiger partial charge in [-0.05, 0) is 37.1 Å². The quantitative estimate of drug-likeness (QED) is 0.841. The highest BCUT2D eigenvalue weighted by Gasteiger charge is 2.13. The summed E-state index contributed by atoms with van der Waals surface area (Å²) in [4.78, 5) is 12.1. The van der Waals surface area contributed by atoms with E-state index in [0.717, 1.165) is 11.6 Å². The number of carbonyl (C=O) groups excluding carboxylic acids is 1. The van der Waals surface area contributed by atoms with Gasteiger partial charge in [-0.15, -0.1) is 0 Å². The minimum Gasteiger partial charge on any atom is -0.398 e. The van der Waals surface area contributed by atoms with Crippen LogP contribution in [0.4, 0.5) is 10.1 Å². The molecule has 3 nitrogen and oxygen atoms in total. The Bertz CT molecular complexity index is 599. The van der Waals surface area contributed by atoms with Gasteiger partial charge in [0.05, 0.1) is 5.56 Å². The van der Waals surface area contributed by atoms with Gasteiger partial charge in [-0.1, -0.05) is 30.3 Å². The highest BCUT2D eigenvalue weighted by molar-refractivity contribution is 5.99. The van der Waals surface area contributed by atoms with Crippen molar-refractivity contribution in [3.05, 3.63) is 65.5 Å². The maximum Gasteiger partial charge on any atom is 0.253 e. The van der Waals surface area contributed by atoms with Crippen LogP contribution >= 0.6 is 0 Å². The van der Waals surface area contributed by atoms with Gasteiger partial charge in [0.15, 0.2) is 0 Å². The van der Waals surface area contributed by atoms with Crippen LogP contribution in [-0.2, 0) is 6.42 Å². The first-order valence-electron chi connectivity index (χ1n) is 6.46. The molecule has 20 heavy (non-hydrogen) atoms. The molecule has 0 saturated carbocycles. The zero-order chi connectivity index (χ0) is 14.5. The molecule has 1 unspecified atom stereocenters. The Morgan fingerprint density at radius 2 is 1.95 bits per heavy atom. The van der Waals surface area contributed by atoms with E-state index in [1.54, 1.807) is 0 Å². The van der Waals surface area contributed by atoms with Gasteiger partial charge < -0.3 is 11.1 Å². The molecule has 104 valence electrons. The normalized spacial score (nSPS) is 11.9. The maximum absolute atomic E-state index is 13.2. The number of hydrogen-bond donors (Lipinski definition) is 2. The summed E-state index contributed by atoms with van der Waals surface area (Å²) >= 11 is 0. The minimum atomic E-state index is -0.472. The van der Waals surface area contributed by atoms with Crippen molar-refractivity contribution in [2.75, 3.05) is 5.73 Å². The van der Waals surface area contributed by atoms with Crippen molar-refractivity contribution in [1.29, 1.82) is 0 Å². The number of nitrogens with two attached hydrogens (primary N) is 1. The van der Waals surface area contributed by atoms with Gasteiger partial charge in [0.2, 0.25) is 0 Å². The monoisotopic (exact) mass is 272 g/mol. The molecule has 0 heterocycles. The van der Waals surface area contributed by atoms with E-state index >= 15 is 0 Å². The molecular weight excluding hydrogens is 255 g/mol. The smallest absolute Gasteiger partial charge is 0.253 e. The lowest BCUT2D eigenvalue weighted by Gasteiger charge is -2.15. The minimum absolute atomic E-state index is 0.0624.